The third kappa shape index (κ3) is 6.28. The van der Waals surface area contributed by atoms with Gasteiger partial charge in [-0.3, -0.25) is 14.6 Å². The largest absolute Gasteiger partial charge is 0.508 e. The summed E-state index contributed by atoms with van der Waals surface area (Å²) < 4.78 is 6.17. The summed E-state index contributed by atoms with van der Waals surface area (Å²) in [6, 6.07) is 10.8. The summed E-state index contributed by atoms with van der Waals surface area (Å²) in [5.41, 5.74) is 1.33. The lowest BCUT2D eigenvalue weighted by Gasteiger charge is -2.12. The zero-order valence-corrected chi connectivity index (χ0v) is 17.2. The first-order valence-corrected chi connectivity index (χ1v) is 9.55. The molecule has 148 valence electrons. The van der Waals surface area contributed by atoms with Crippen LogP contribution in [-0.2, 0) is 16.0 Å². The number of esters is 1. The van der Waals surface area contributed by atoms with Crippen molar-refractivity contribution in [3.8, 4) is 11.5 Å². The first-order valence-electron chi connectivity index (χ1n) is 8.76. The minimum Gasteiger partial charge on any atom is -0.508 e. The molecule has 0 saturated carbocycles. The Morgan fingerprint density at radius 1 is 1.18 bits per heavy atom. The number of ether oxygens (including phenoxy) is 1. The van der Waals surface area contributed by atoms with E-state index in [2.05, 4.69) is 20.9 Å². The van der Waals surface area contributed by atoms with E-state index in [1.165, 1.54) is 18.3 Å². The SMILES string of the molecule is CC(C)C(=O)Oc1ccc(Br)cc1C=NC(Cc1ccc(O)cc1)C(=O)CO. The van der Waals surface area contributed by atoms with Crippen molar-refractivity contribution in [2.75, 3.05) is 6.61 Å². The molecule has 0 aliphatic carbocycles. The molecule has 0 aliphatic heterocycles. The molecular weight excluding hydrogens is 426 g/mol. The summed E-state index contributed by atoms with van der Waals surface area (Å²) in [5.74, 6) is -0.621. The summed E-state index contributed by atoms with van der Waals surface area (Å²) in [4.78, 5) is 28.4. The number of carbonyl (C=O) groups excluding carboxylic acids is 2. The predicted molar refractivity (Wildman–Crippen MR) is 110 cm³/mol. The maximum Gasteiger partial charge on any atom is 0.313 e. The second-order valence-electron chi connectivity index (χ2n) is 6.55. The quantitative estimate of drug-likeness (QED) is 0.367. The van der Waals surface area contributed by atoms with Gasteiger partial charge in [-0.15, -0.1) is 0 Å². The lowest BCUT2D eigenvalue weighted by atomic mass is 10.0. The number of halogens is 1. The van der Waals surface area contributed by atoms with E-state index in [0.717, 1.165) is 10.0 Å². The third-order valence-electron chi connectivity index (χ3n) is 3.94. The number of hydrogen-bond acceptors (Lipinski definition) is 6. The van der Waals surface area contributed by atoms with Gasteiger partial charge < -0.3 is 14.9 Å². The number of aliphatic imine (C=N–C) groups is 1. The number of ketones is 1. The van der Waals surface area contributed by atoms with Gasteiger partial charge in [-0.2, -0.15) is 0 Å². The van der Waals surface area contributed by atoms with Crippen molar-refractivity contribution < 1.29 is 24.5 Å². The molecular formula is C21H22BrNO5. The maximum absolute atomic E-state index is 12.1. The zero-order chi connectivity index (χ0) is 20.7. The van der Waals surface area contributed by atoms with Crippen LogP contribution in [-0.4, -0.2) is 40.8 Å². The highest BCUT2D eigenvalue weighted by molar-refractivity contribution is 9.10. The van der Waals surface area contributed by atoms with Crippen LogP contribution < -0.4 is 4.74 Å². The molecule has 7 heteroatoms. The van der Waals surface area contributed by atoms with Gasteiger partial charge in [0.2, 0.25) is 0 Å². The number of Topliss-reactive ketones (excluding diaryl/α,β-unsaturated/α-hetero) is 1. The molecule has 0 heterocycles. The van der Waals surface area contributed by atoms with Crippen molar-refractivity contribution in [1.29, 1.82) is 0 Å². The number of phenolic OH excluding ortho intramolecular Hbond substituents is 1. The molecule has 2 rings (SSSR count). The van der Waals surface area contributed by atoms with Crippen LogP contribution in [0.2, 0.25) is 0 Å². The number of aliphatic hydroxyl groups is 1. The van der Waals surface area contributed by atoms with Crippen LogP contribution in [0, 0.1) is 5.92 Å². The Balaban J connectivity index is 2.28. The fraction of sp³-hybridized carbons (Fsp3) is 0.286. The smallest absolute Gasteiger partial charge is 0.313 e. The van der Waals surface area contributed by atoms with Crippen LogP contribution >= 0.6 is 15.9 Å². The number of nitrogens with zero attached hydrogens (tertiary/aromatic N) is 1. The number of aromatic hydroxyl groups is 1. The molecule has 6 nitrogen and oxygen atoms in total. The van der Waals surface area contributed by atoms with E-state index >= 15 is 0 Å². The summed E-state index contributed by atoms with van der Waals surface area (Å²) >= 11 is 3.37. The molecule has 0 aromatic heterocycles. The second-order valence-corrected chi connectivity index (χ2v) is 7.46. The monoisotopic (exact) mass is 447 g/mol. The van der Waals surface area contributed by atoms with Gasteiger partial charge in [0.25, 0.3) is 0 Å². The molecule has 2 aromatic carbocycles. The fourth-order valence-electron chi connectivity index (χ4n) is 2.32. The third-order valence-corrected chi connectivity index (χ3v) is 4.43. The number of carbonyl (C=O) groups is 2. The molecule has 1 atom stereocenters. The van der Waals surface area contributed by atoms with Gasteiger partial charge in [-0.05, 0) is 35.9 Å². The summed E-state index contributed by atoms with van der Waals surface area (Å²) in [6.45, 7) is 2.85. The Morgan fingerprint density at radius 2 is 1.86 bits per heavy atom. The first kappa shape index (κ1) is 21.8. The number of hydrogen-bond donors (Lipinski definition) is 2. The van der Waals surface area contributed by atoms with Gasteiger partial charge >= 0.3 is 5.97 Å². The van der Waals surface area contributed by atoms with Crippen molar-refractivity contribution in [3.05, 3.63) is 58.1 Å². The Labute approximate surface area is 172 Å². The molecule has 28 heavy (non-hydrogen) atoms. The Bertz CT molecular complexity index is 862. The van der Waals surface area contributed by atoms with Gasteiger partial charge in [0.1, 0.15) is 24.1 Å². The van der Waals surface area contributed by atoms with Crippen LogP contribution in [0.4, 0.5) is 0 Å². The van der Waals surface area contributed by atoms with Crippen molar-refractivity contribution in [3.63, 3.8) is 0 Å². The van der Waals surface area contributed by atoms with E-state index in [1.54, 1.807) is 44.2 Å². The van der Waals surface area contributed by atoms with E-state index in [0.29, 0.717) is 11.3 Å². The number of phenols is 1. The van der Waals surface area contributed by atoms with E-state index in [-0.39, 0.29) is 24.1 Å². The molecule has 0 spiro atoms. The standard InChI is InChI=1S/C21H22BrNO5/c1-13(2)21(27)28-20-8-5-16(22)10-15(20)11-23-18(19(26)12-24)9-14-3-6-17(25)7-4-14/h3-8,10-11,13,18,24-25H,9,12H2,1-2H3. The minimum atomic E-state index is -0.804. The predicted octanol–water partition coefficient (Wildman–Crippen LogP) is 3.31. The normalized spacial score (nSPS) is 12.3. The van der Waals surface area contributed by atoms with E-state index in [1.807, 2.05) is 0 Å². The number of aliphatic hydroxyl groups excluding tert-OH is 1. The molecule has 2 N–H and O–H groups in total. The average molecular weight is 448 g/mol. The second kappa shape index (κ2) is 10.1. The lowest BCUT2D eigenvalue weighted by molar-refractivity contribution is -0.137. The lowest BCUT2D eigenvalue weighted by Crippen LogP contribution is -2.24. The van der Waals surface area contributed by atoms with Crippen LogP contribution in [0.3, 0.4) is 0 Å². The van der Waals surface area contributed by atoms with Gasteiger partial charge in [-0.1, -0.05) is 41.9 Å². The highest BCUT2D eigenvalue weighted by atomic mass is 79.9. The van der Waals surface area contributed by atoms with E-state index in [4.69, 9.17) is 4.74 Å². The minimum absolute atomic E-state index is 0.128. The molecule has 1 unspecified atom stereocenters. The average Bonchev–Trinajstić information content (AvgIpc) is 2.67. The van der Waals surface area contributed by atoms with Crippen molar-refractivity contribution in [2.24, 2.45) is 10.9 Å². The summed E-state index contributed by atoms with van der Waals surface area (Å²) in [7, 11) is 0. The molecule has 0 amide bonds. The Morgan fingerprint density at radius 3 is 2.46 bits per heavy atom. The summed E-state index contributed by atoms with van der Waals surface area (Å²) in [5, 5.41) is 18.6. The van der Waals surface area contributed by atoms with Gasteiger partial charge in [0.15, 0.2) is 5.78 Å². The highest BCUT2D eigenvalue weighted by Gasteiger charge is 2.18. The van der Waals surface area contributed by atoms with Crippen LogP contribution in [0.25, 0.3) is 0 Å². The van der Waals surface area contributed by atoms with Crippen molar-refractivity contribution in [1.82, 2.24) is 0 Å². The number of rotatable bonds is 8. The van der Waals surface area contributed by atoms with Crippen LogP contribution in [0.15, 0.2) is 51.9 Å². The molecule has 0 fully saturated rings. The zero-order valence-electron chi connectivity index (χ0n) is 15.6. The Kier molecular flexibility index (Phi) is 7.90. The van der Waals surface area contributed by atoms with Gasteiger partial charge in [-0.25, -0.2) is 0 Å². The maximum atomic E-state index is 12.1. The fourth-order valence-corrected chi connectivity index (χ4v) is 2.70. The Hall–Kier alpha value is -2.51. The molecule has 0 saturated heterocycles. The van der Waals surface area contributed by atoms with Crippen LogP contribution in [0.5, 0.6) is 11.5 Å². The molecule has 0 bridgehead atoms. The first-order chi connectivity index (χ1) is 13.3. The molecule has 2 aromatic rings. The summed E-state index contributed by atoms with van der Waals surface area (Å²) in [6.07, 6.45) is 1.73. The topological polar surface area (TPSA) is 96.2 Å². The van der Waals surface area contributed by atoms with Crippen LogP contribution in [0.1, 0.15) is 25.0 Å². The van der Waals surface area contributed by atoms with Crippen molar-refractivity contribution in [2.45, 2.75) is 26.3 Å². The molecule has 0 aliphatic rings. The van der Waals surface area contributed by atoms with Crippen molar-refractivity contribution >= 4 is 33.9 Å². The van der Waals surface area contributed by atoms with E-state index < -0.39 is 18.4 Å². The highest BCUT2D eigenvalue weighted by Crippen LogP contribution is 2.23. The number of benzene rings is 2. The van der Waals surface area contributed by atoms with E-state index in [9.17, 15) is 19.8 Å². The van der Waals surface area contributed by atoms with Gasteiger partial charge in [0, 0.05) is 22.7 Å². The molecule has 0 radical (unpaired) electrons. The van der Waals surface area contributed by atoms with Gasteiger partial charge in [0.05, 0.1) is 5.92 Å².